The topological polar surface area (TPSA) is 108 Å². The highest BCUT2D eigenvalue weighted by Crippen LogP contribution is 2.29. The highest BCUT2D eigenvalue weighted by Gasteiger charge is 2.38. The average molecular weight is 548 g/mol. The van der Waals surface area contributed by atoms with E-state index < -0.39 is 23.8 Å². The molecular weight excluding hydrogens is 494 g/mol. The predicted molar refractivity (Wildman–Crippen MR) is 157 cm³/mol. The van der Waals surface area contributed by atoms with Crippen molar-refractivity contribution in [2.75, 3.05) is 6.54 Å². The lowest BCUT2D eigenvalue weighted by molar-refractivity contribution is -0.143. The lowest BCUT2D eigenvalue weighted by Crippen LogP contribution is -2.55. The van der Waals surface area contributed by atoms with Crippen LogP contribution in [0.3, 0.4) is 0 Å². The molecule has 3 atom stereocenters. The fourth-order valence-corrected chi connectivity index (χ4v) is 4.41. The van der Waals surface area contributed by atoms with E-state index >= 15 is 0 Å². The summed E-state index contributed by atoms with van der Waals surface area (Å²) in [6.07, 6.45) is 6.17. The molecule has 0 aromatic heterocycles. The number of rotatable bonds is 15. The highest BCUT2D eigenvalue weighted by atomic mass is 16.6. The number of nitrogens with zero attached hydrogens (tertiary/aromatic N) is 1. The Labute approximate surface area is 236 Å². The number of hydrogen-bond donors (Lipinski definition) is 3. The SMILES string of the molecule is CCCCCCCCN(C(=O)C(NC(=O)OC(C)(C)C)C(C)CC)C(C(=O)NC(C)C)c1ccc(O)c(C)c1. The summed E-state index contributed by atoms with van der Waals surface area (Å²) < 4.78 is 5.48. The van der Waals surface area contributed by atoms with E-state index in [0.717, 1.165) is 32.1 Å². The van der Waals surface area contributed by atoms with E-state index in [1.807, 2.05) is 27.7 Å². The van der Waals surface area contributed by atoms with E-state index in [0.29, 0.717) is 24.1 Å². The second-order valence-electron chi connectivity index (χ2n) is 11.9. The third-order valence-corrected chi connectivity index (χ3v) is 6.71. The first-order valence-electron chi connectivity index (χ1n) is 14.6. The van der Waals surface area contributed by atoms with E-state index in [1.165, 1.54) is 6.42 Å². The van der Waals surface area contributed by atoms with Gasteiger partial charge < -0.3 is 25.4 Å². The number of phenols is 1. The molecule has 0 radical (unpaired) electrons. The van der Waals surface area contributed by atoms with E-state index in [1.54, 1.807) is 50.8 Å². The molecule has 222 valence electrons. The van der Waals surface area contributed by atoms with Crippen LogP contribution in [0.15, 0.2) is 18.2 Å². The highest BCUT2D eigenvalue weighted by molar-refractivity contribution is 5.92. The molecule has 0 saturated carbocycles. The number of unbranched alkanes of at least 4 members (excludes halogenated alkanes) is 5. The van der Waals surface area contributed by atoms with Crippen molar-refractivity contribution in [2.24, 2.45) is 5.92 Å². The van der Waals surface area contributed by atoms with E-state index in [9.17, 15) is 19.5 Å². The van der Waals surface area contributed by atoms with Gasteiger partial charge in [0, 0.05) is 12.6 Å². The van der Waals surface area contributed by atoms with Crippen molar-refractivity contribution in [1.29, 1.82) is 0 Å². The Morgan fingerprint density at radius 1 is 0.974 bits per heavy atom. The first kappa shape index (κ1) is 34.3. The van der Waals surface area contributed by atoms with Gasteiger partial charge in [0.15, 0.2) is 0 Å². The summed E-state index contributed by atoms with van der Waals surface area (Å²) in [6.45, 7) is 17.3. The maximum atomic E-state index is 14.3. The monoisotopic (exact) mass is 547 g/mol. The number of phenolic OH excluding ortho intramolecular Hbond substituents is 1. The van der Waals surface area contributed by atoms with E-state index in [4.69, 9.17) is 4.74 Å². The summed E-state index contributed by atoms with van der Waals surface area (Å²) in [6, 6.07) is 3.09. The number of hydrogen-bond acceptors (Lipinski definition) is 5. The molecule has 0 heterocycles. The minimum absolute atomic E-state index is 0.125. The van der Waals surface area contributed by atoms with Crippen molar-refractivity contribution in [3.05, 3.63) is 29.3 Å². The average Bonchev–Trinajstić information content (AvgIpc) is 2.83. The summed E-state index contributed by atoms with van der Waals surface area (Å²) in [5, 5.41) is 15.9. The van der Waals surface area contributed by atoms with Gasteiger partial charge in [-0.15, -0.1) is 0 Å². The zero-order chi connectivity index (χ0) is 29.8. The van der Waals surface area contributed by atoms with Gasteiger partial charge in [-0.05, 0) is 77.1 Å². The molecule has 0 spiro atoms. The molecule has 0 fully saturated rings. The summed E-state index contributed by atoms with van der Waals surface area (Å²) >= 11 is 0. The van der Waals surface area contributed by atoms with Crippen molar-refractivity contribution in [3.63, 3.8) is 0 Å². The minimum atomic E-state index is -0.915. The summed E-state index contributed by atoms with van der Waals surface area (Å²) in [5.41, 5.74) is 0.518. The number of aryl methyl sites for hydroxylation is 1. The molecule has 0 saturated heterocycles. The first-order chi connectivity index (χ1) is 18.2. The number of nitrogens with one attached hydrogen (secondary N) is 2. The molecule has 3 N–H and O–H groups in total. The van der Waals surface area contributed by atoms with Crippen molar-refractivity contribution < 1.29 is 24.2 Å². The molecule has 3 amide bonds. The van der Waals surface area contributed by atoms with Crippen LogP contribution in [0.4, 0.5) is 4.79 Å². The molecule has 1 rings (SSSR count). The molecule has 3 unspecified atom stereocenters. The first-order valence-corrected chi connectivity index (χ1v) is 14.6. The van der Waals surface area contributed by atoms with Crippen LogP contribution >= 0.6 is 0 Å². The summed E-state index contributed by atoms with van der Waals surface area (Å²) in [4.78, 5) is 42.3. The molecule has 0 aliphatic heterocycles. The maximum absolute atomic E-state index is 14.3. The summed E-state index contributed by atoms with van der Waals surface area (Å²) in [5.74, 6) is -0.680. The quantitative estimate of drug-likeness (QED) is 0.220. The maximum Gasteiger partial charge on any atom is 0.408 e. The Kier molecular flexibility index (Phi) is 14.4. The van der Waals surface area contributed by atoms with Crippen LogP contribution in [-0.4, -0.2) is 52.1 Å². The number of carbonyl (C=O) groups is 3. The minimum Gasteiger partial charge on any atom is -0.508 e. The Bertz CT molecular complexity index is 925. The largest absolute Gasteiger partial charge is 0.508 e. The molecule has 0 aliphatic carbocycles. The van der Waals surface area contributed by atoms with Crippen LogP contribution < -0.4 is 10.6 Å². The lowest BCUT2D eigenvalue weighted by atomic mass is 9.95. The van der Waals surface area contributed by atoms with Crippen molar-refractivity contribution in [2.45, 2.75) is 131 Å². The van der Waals surface area contributed by atoms with Crippen molar-refractivity contribution in [1.82, 2.24) is 15.5 Å². The van der Waals surface area contributed by atoms with E-state index in [2.05, 4.69) is 17.6 Å². The zero-order valence-corrected chi connectivity index (χ0v) is 25.7. The standard InChI is InChI=1S/C31H53N3O5/c1-10-12-13-14-15-16-19-34(29(37)26(22(5)11-2)33-30(38)39-31(7,8)9)27(28(36)32-21(3)4)24-17-18-25(35)23(6)20-24/h17-18,20-22,26-27,35H,10-16,19H2,1-9H3,(H,32,36)(H,33,38). The van der Waals surface area contributed by atoms with E-state index in [-0.39, 0.29) is 29.5 Å². The van der Waals surface area contributed by atoms with Crippen LogP contribution in [0.25, 0.3) is 0 Å². The van der Waals surface area contributed by atoms with Gasteiger partial charge in [-0.1, -0.05) is 65.4 Å². The fraction of sp³-hybridized carbons (Fsp3) is 0.710. The van der Waals surface area contributed by atoms with Gasteiger partial charge >= 0.3 is 6.09 Å². The Morgan fingerprint density at radius 2 is 1.59 bits per heavy atom. The molecule has 8 heteroatoms. The molecule has 39 heavy (non-hydrogen) atoms. The van der Waals surface area contributed by atoms with Crippen LogP contribution in [-0.2, 0) is 14.3 Å². The van der Waals surface area contributed by atoms with Gasteiger partial charge in [0.25, 0.3) is 0 Å². The molecule has 8 nitrogen and oxygen atoms in total. The molecule has 0 bridgehead atoms. The van der Waals surface area contributed by atoms with Crippen LogP contribution in [0.2, 0.25) is 0 Å². The fourth-order valence-electron chi connectivity index (χ4n) is 4.41. The zero-order valence-electron chi connectivity index (χ0n) is 25.7. The van der Waals surface area contributed by atoms with Crippen molar-refractivity contribution >= 4 is 17.9 Å². The van der Waals surface area contributed by atoms with Gasteiger partial charge in [0.1, 0.15) is 23.4 Å². The number of ether oxygens (including phenoxy) is 1. The molecule has 1 aromatic carbocycles. The predicted octanol–water partition coefficient (Wildman–Crippen LogP) is 6.39. The van der Waals surface area contributed by atoms with Gasteiger partial charge in [-0.25, -0.2) is 4.79 Å². The normalized spacial score (nSPS) is 13.9. The summed E-state index contributed by atoms with van der Waals surface area (Å²) in [7, 11) is 0. The molecular formula is C31H53N3O5. The smallest absolute Gasteiger partial charge is 0.408 e. The second kappa shape index (κ2) is 16.4. The number of carbonyl (C=O) groups excluding carboxylic acids is 3. The van der Waals surface area contributed by atoms with Crippen LogP contribution in [0.5, 0.6) is 5.75 Å². The molecule has 0 aliphatic rings. The number of amides is 3. The Balaban J connectivity index is 3.50. The Hall–Kier alpha value is -2.77. The Morgan fingerprint density at radius 3 is 2.13 bits per heavy atom. The van der Waals surface area contributed by atoms with Gasteiger partial charge in [-0.3, -0.25) is 9.59 Å². The lowest BCUT2D eigenvalue weighted by Gasteiger charge is -2.36. The van der Waals surface area contributed by atoms with Gasteiger partial charge in [-0.2, -0.15) is 0 Å². The van der Waals surface area contributed by atoms with Crippen molar-refractivity contribution in [3.8, 4) is 5.75 Å². The number of alkyl carbamates (subject to hydrolysis) is 1. The molecule has 1 aromatic rings. The van der Waals surface area contributed by atoms with Crippen LogP contribution in [0.1, 0.15) is 118 Å². The van der Waals surface area contributed by atoms with Gasteiger partial charge in [0.05, 0.1) is 0 Å². The third-order valence-electron chi connectivity index (χ3n) is 6.71. The third kappa shape index (κ3) is 11.9. The second-order valence-corrected chi connectivity index (χ2v) is 11.9. The number of aromatic hydroxyl groups is 1. The number of benzene rings is 1. The van der Waals surface area contributed by atoms with Crippen LogP contribution in [0, 0.1) is 12.8 Å². The van der Waals surface area contributed by atoms with Gasteiger partial charge in [0.2, 0.25) is 11.8 Å².